The summed E-state index contributed by atoms with van der Waals surface area (Å²) in [5, 5.41) is 29.8. The van der Waals surface area contributed by atoms with Crippen LogP contribution in [0, 0.1) is 12.7 Å². The first-order valence-electron chi connectivity index (χ1n) is 14.6. The fourth-order valence-corrected chi connectivity index (χ4v) is 7.15. The van der Waals surface area contributed by atoms with Crippen LogP contribution in [0.3, 0.4) is 0 Å². The molecule has 0 fully saturated rings. The Kier molecular flexibility index (Phi) is 10.7. The third-order valence-electron chi connectivity index (χ3n) is 7.67. The maximum absolute atomic E-state index is 14.5. The van der Waals surface area contributed by atoms with Crippen LogP contribution < -0.4 is 0 Å². The third kappa shape index (κ3) is 7.62. The largest absolute Gasteiger partial charge is 0.481 e. The normalized spacial score (nSPS) is 13.2. The van der Waals surface area contributed by atoms with Gasteiger partial charge in [0.05, 0.1) is 24.3 Å². The van der Waals surface area contributed by atoms with Crippen LogP contribution >= 0.6 is 0 Å². The van der Waals surface area contributed by atoms with Crippen molar-refractivity contribution in [1.29, 1.82) is 0 Å². The van der Waals surface area contributed by atoms with E-state index in [4.69, 9.17) is 5.11 Å². The standard InChI is InChI=1S/C34H39FN2O6S/c1-4-30-34(44(42,43)36(3)22-24-8-6-5-7-9-24)32(25-12-10-23(2)11-13-25)33(26-14-16-27(35)17-15-26)37(30)19-18-28(38)20-29(39)21-31(40)41/h5-17,28-29,38-39H,4,18-22H2,1-3H3,(H,40,41)/t28-,29-/m1/s1. The van der Waals surface area contributed by atoms with Gasteiger partial charge in [0.1, 0.15) is 10.7 Å². The molecule has 3 aromatic carbocycles. The third-order valence-corrected chi connectivity index (χ3v) is 9.58. The first-order chi connectivity index (χ1) is 20.9. The average Bonchev–Trinajstić information content (AvgIpc) is 3.31. The average molecular weight is 623 g/mol. The molecule has 4 rings (SSSR count). The highest BCUT2D eigenvalue weighted by atomic mass is 32.2. The molecule has 0 amide bonds. The monoisotopic (exact) mass is 622 g/mol. The molecule has 0 saturated heterocycles. The lowest BCUT2D eigenvalue weighted by atomic mass is 10.00. The van der Waals surface area contributed by atoms with Gasteiger partial charge in [-0.2, -0.15) is 4.31 Å². The summed E-state index contributed by atoms with van der Waals surface area (Å²) in [5.74, 6) is -1.60. The number of aliphatic hydroxyl groups is 2. The number of hydrogen-bond donors (Lipinski definition) is 3. The van der Waals surface area contributed by atoms with Crippen molar-refractivity contribution in [1.82, 2.24) is 8.87 Å². The van der Waals surface area contributed by atoms with E-state index in [-0.39, 0.29) is 30.8 Å². The highest BCUT2D eigenvalue weighted by Gasteiger charge is 2.34. The molecule has 0 unspecified atom stereocenters. The molecule has 0 spiro atoms. The van der Waals surface area contributed by atoms with Gasteiger partial charge in [-0.25, -0.2) is 12.8 Å². The van der Waals surface area contributed by atoms with Crippen LogP contribution in [-0.2, 0) is 34.3 Å². The number of carbonyl (C=O) groups is 1. The minimum Gasteiger partial charge on any atom is -0.481 e. The molecular weight excluding hydrogens is 583 g/mol. The predicted octanol–water partition coefficient (Wildman–Crippen LogP) is 5.63. The van der Waals surface area contributed by atoms with Gasteiger partial charge >= 0.3 is 5.97 Å². The zero-order valence-corrected chi connectivity index (χ0v) is 26.0. The second-order valence-corrected chi connectivity index (χ2v) is 13.0. The van der Waals surface area contributed by atoms with Gasteiger partial charge in [-0.3, -0.25) is 4.79 Å². The van der Waals surface area contributed by atoms with E-state index in [2.05, 4.69) is 0 Å². The number of aliphatic carboxylic acids is 1. The van der Waals surface area contributed by atoms with Crippen LogP contribution in [0.5, 0.6) is 0 Å². The van der Waals surface area contributed by atoms with Crippen LogP contribution in [0.25, 0.3) is 22.4 Å². The number of rotatable bonds is 14. The van der Waals surface area contributed by atoms with Gasteiger partial charge in [-0.1, -0.05) is 67.1 Å². The van der Waals surface area contributed by atoms with E-state index in [0.29, 0.717) is 34.5 Å². The molecule has 0 saturated carbocycles. The van der Waals surface area contributed by atoms with E-state index in [1.807, 2.05) is 73.0 Å². The second-order valence-electron chi connectivity index (χ2n) is 11.1. The van der Waals surface area contributed by atoms with Crippen LogP contribution in [0.2, 0.25) is 0 Å². The Balaban J connectivity index is 1.92. The topological polar surface area (TPSA) is 120 Å². The first kappa shape index (κ1) is 33.1. The SMILES string of the molecule is CCc1c(S(=O)(=O)N(C)Cc2ccccc2)c(-c2ccc(C)cc2)c(-c2ccc(F)cc2)n1CC[C@@H](O)C[C@@H](O)CC(=O)O. The number of nitrogens with zero attached hydrogens (tertiary/aromatic N) is 2. The van der Waals surface area contributed by atoms with Crippen LogP contribution in [-0.4, -0.2) is 57.8 Å². The van der Waals surface area contributed by atoms with Gasteiger partial charge in [-0.05, 0) is 67.1 Å². The van der Waals surface area contributed by atoms with Gasteiger partial charge in [-0.15, -0.1) is 0 Å². The zero-order chi connectivity index (χ0) is 32.0. The van der Waals surface area contributed by atoms with E-state index in [1.165, 1.54) is 16.4 Å². The summed E-state index contributed by atoms with van der Waals surface area (Å²) in [5.41, 5.74) is 4.68. The van der Waals surface area contributed by atoms with Crippen molar-refractivity contribution in [3.63, 3.8) is 0 Å². The van der Waals surface area contributed by atoms with E-state index >= 15 is 0 Å². The molecule has 8 nitrogen and oxygen atoms in total. The summed E-state index contributed by atoms with van der Waals surface area (Å²) < 4.78 is 46.3. The minimum absolute atomic E-state index is 0.124. The van der Waals surface area contributed by atoms with Gasteiger partial charge in [0.15, 0.2) is 0 Å². The fourth-order valence-electron chi connectivity index (χ4n) is 5.49. The number of carboxylic acid groups (broad SMARTS) is 1. The number of hydrogen-bond acceptors (Lipinski definition) is 5. The molecule has 4 aromatic rings. The molecule has 1 heterocycles. The lowest BCUT2D eigenvalue weighted by molar-refractivity contribution is -0.139. The molecular formula is C34H39FN2O6S. The Morgan fingerprint density at radius 3 is 2.14 bits per heavy atom. The molecule has 0 aliphatic rings. The number of aliphatic hydroxyl groups excluding tert-OH is 2. The van der Waals surface area contributed by atoms with E-state index in [1.54, 1.807) is 19.2 Å². The van der Waals surface area contributed by atoms with Gasteiger partial charge in [0.2, 0.25) is 10.0 Å². The summed E-state index contributed by atoms with van der Waals surface area (Å²) in [7, 11) is -2.54. The second kappa shape index (κ2) is 14.3. The summed E-state index contributed by atoms with van der Waals surface area (Å²) >= 11 is 0. The van der Waals surface area contributed by atoms with Crippen LogP contribution in [0.1, 0.15) is 43.0 Å². The summed E-state index contributed by atoms with van der Waals surface area (Å²) in [6, 6.07) is 22.7. The fraction of sp³-hybridized carbons (Fsp3) is 0.324. The van der Waals surface area contributed by atoms with Crippen molar-refractivity contribution in [3.8, 4) is 22.4 Å². The number of halogens is 1. The van der Waals surface area contributed by atoms with E-state index in [0.717, 1.165) is 11.1 Å². The number of aromatic nitrogens is 1. The maximum Gasteiger partial charge on any atom is 0.305 e. The molecule has 0 aliphatic carbocycles. The molecule has 234 valence electrons. The summed E-state index contributed by atoms with van der Waals surface area (Å²) in [6.45, 7) is 4.13. The van der Waals surface area contributed by atoms with Crippen molar-refractivity contribution in [3.05, 3.63) is 102 Å². The Morgan fingerprint density at radius 2 is 1.55 bits per heavy atom. The molecule has 3 N–H and O–H groups in total. The zero-order valence-electron chi connectivity index (χ0n) is 25.1. The van der Waals surface area contributed by atoms with Crippen molar-refractivity contribution < 1.29 is 32.9 Å². The number of sulfonamides is 1. The quantitative estimate of drug-likeness (QED) is 0.168. The summed E-state index contributed by atoms with van der Waals surface area (Å²) in [4.78, 5) is 11.1. The molecule has 0 aliphatic heterocycles. The van der Waals surface area contributed by atoms with Gasteiger partial charge in [0, 0.05) is 31.4 Å². The first-order valence-corrected chi connectivity index (χ1v) is 16.0. The Bertz CT molecular complexity index is 1670. The highest BCUT2D eigenvalue weighted by molar-refractivity contribution is 7.89. The van der Waals surface area contributed by atoms with Crippen molar-refractivity contribution >= 4 is 16.0 Å². The minimum atomic E-state index is -4.09. The van der Waals surface area contributed by atoms with E-state index < -0.39 is 40.4 Å². The van der Waals surface area contributed by atoms with Crippen LogP contribution in [0.15, 0.2) is 83.8 Å². The molecule has 0 bridgehead atoms. The lowest BCUT2D eigenvalue weighted by Gasteiger charge is -2.20. The molecule has 2 atom stereocenters. The van der Waals surface area contributed by atoms with Gasteiger partial charge < -0.3 is 19.9 Å². The molecule has 10 heteroatoms. The Morgan fingerprint density at radius 1 is 0.932 bits per heavy atom. The number of benzene rings is 3. The van der Waals surface area contributed by atoms with E-state index in [9.17, 15) is 27.8 Å². The maximum atomic E-state index is 14.5. The summed E-state index contributed by atoms with van der Waals surface area (Å²) in [6.07, 6.45) is -2.43. The van der Waals surface area contributed by atoms with Crippen LogP contribution in [0.4, 0.5) is 4.39 Å². The number of carboxylic acids is 1. The number of aryl methyl sites for hydroxylation is 1. The van der Waals surface area contributed by atoms with Crippen molar-refractivity contribution in [2.75, 3.05) is 7.05 Å². The smallest absolute Gasteiger partial charge is 0.305 e. The van der Waals surface area contributed by atoms with Crippen molar-refractivity contribution in [2.24, 2.45) is 0 Å². The lowest BCUT2D eigenvalue weighted by Crippen LogP contribution is -2.27. The van der Waals surface area contributed by atoms with Gasteiger partial charge in [0.25, 0.3) is 0 Å². The molecule has 1 aromatic heterocycles. The Labute approximate surface area is 258 Å². The molecule has 44 heavy (non-hydrogen) atoms. The highest BCUT2D eigenvalue weighted by Crippen LogP contribution is 2.43. The Hall–Kier alpha value is -3.83. The predicted molar refractivity (Wildman–Crippen MR) is 168 cm³/mol. The molecule has 0 radical (unpaired) electrons. The van der Waals surface area contributed by atoms with Crippen molar-refractivity contribution in [2.45, 2.75) is 69.7 Å².